The molecule has 1 aliphatic rings. The van der Waals surface area contributed by atoms with Crippen molar-refractivity contribution in [2.24, 2.45) is 4.99 Å². The van der Waals surface area contributed by atoms with Gasteiger partial charge in [-0.15, -0.1) is 11.3 Å². The van der Waals surface area contributed by atoms with Crippen LogP contribution in [0.1, 0.15) is 10.4 Å². The van der Waals surface area contributed by atoms with Crippen molar-refractivity contribution in [2.75, 3.05) is 7.11 Å². The van der Waals surface area contributed by atoms with Gasteiger partial charge in [0.1, 0.15) is 0 Å². The van der Waals surface area contributed by atoms with Gasteiger partial charge in [0, 0.05) is 6.07 Å². The zero-order valence-corrected chi connectivity index (χ0v) is 18.5. The Morgan fingerprint density at radius 2 is 1.91 bits per heavy atom. The van der Waals surface area contributed by atoms with Crippen LogP contribution in [0.15, 0.2) is 75.6 Å². The lowest BCUT2D eigenvalue weighted by Crippen LogP contribution is -2.12. The Bertz CT molecular complexity index is 1410. The van der Waals surface area contributed by atoms with Gasteiger partial charge in [-0.25, -0.2) is 9.79 Å². The molecule has 1 aromatic heterocycles. The molecular weight excluding hydrogens is 472 g/mol. The van der Waals surface area contributed by atoms with E-state index in [4.69, 9.17) is 13.7 Å². The summed E-state index contributed by atoms with van der Waals surface area (Å²) in [5.41, 5.74) is -0.0935. The predicted molar refractivity (Wildman–Crippen MR) is 119 cm³/mol. The monoisotopic (exact) mass is 486 g/mol. The zero-order chi connectivity index (χ0) is 23.6. The normalized spacial score (nSPS) is 14.6. The van der Waals surface area contributed by atoms with Gasteiger partial charge in [-0.1, -0.05) is 24.3 Å². The minimum atomic E-state index is -4.53. The molecule has 0 fully saturated rings. The minimum absolute atomic E-state index is 0.0281. The molecular formula is C21H14N2O8S2. The van der Waals surface area contributed by atoms with Crippen LogP contribution in [-0.4, -0.2) is 32.3 Å². The summed E-state index contributed by atoms with van der Waals surface area (Å²) in [6.07, 6.45) is 1.45. The fourth-order valence-corrected chi connectivity index (χ4v) is 4.65. The third-order valence-corrected chi connectivity index (χ3v) is 6.52. The highest BCUT2D eigenvalue weighted by Gasteiger charge is 2.28. The van der Waals surface area contributed by atoms with Crippen molar-refractivity contribution in [1.82, 2.24) is 0 Å². The van der Waals surface area contributed by atoms with Crippen molar-refractivity contribution in [3.63, 3.8) is 0 Å². The van der Waals surface area contributed by atoms with Crippen molar-refractivity contribution in [1.29, 1.82) is 0 Å². The maximum Gasteiger partial charge on any atom is 0.363 e. The summed E-state index contributed by atoms with van der Waals surface area (Å²) in [5.74, 6) is -0.588. The third-order valence-electron chi connectivity index (χ3n) is 4.37. The number of nitrogens with zero attached hydrogens (tertiary/aromatic N) is 2. The second-order valence-corrected chi connectivity index (χ2v) is 8.95. The van der Waals surface area contributed by atoms with Crippen LogP contribution in [0.2, 0.25) is 0 Å². The Morgan fingerprint density at radius 3 is 2.61 bits per heavy atom. The number of nitro benzene ring substituents is 1. The molecule has 33 heavy (non-hydrogen) atoms. The van der Waals surface area contributed by atoms with E-state index in [0.29, 0.717) is 10.4 Å². The van der Waals surface area contributed by atoms with E-state index in [1.807, 2.05) is 5.38 Å². The van der Waals surface area contributed by atoms with E-state index in [-0.39, 0.29) is 23.1 Å². The summed E-state index contributed by atoms with van der Waals surface area (Å²) >= 11 is 1.37. The summed E-state index contributed by atoms with van der Waals surface area (Å²) in [5, 5.41) is 13.0. The van der Waals surface area contributed by atoms with Crippen molar-refractivity contribution in [3.8, 4) is 11.5 Å². The molecule has 10 nitrogen and oxygen atoms in total. The molecule has 1 aliphatic heterocycles. The first-order valence-corrected chi connectivity index (χ1v) is 11.5. The van der Waals surface area contributed by atoms with E-state index in [2.05, 4.69) is 4.99 Å². The molecule has 0 bridgehead atoms. The molecule has 2 heterocycles. The quantitative estimate of drug-likeness (QED) is 0.162. The Morgan fingerprint density at radius 1 is 1.12 bits per heavy atom. The van der Waals surface area contributed by atoms with E-state index in [0.717, 1.165) is 12.1 Å². The third kappa shape index (κ3) is 4.61. The predicted octanol–water partition coefficient (Wildman–Crippen LogP) is 3.78. The van der Waals surface area contributed by atoms with Crippen LogP contribution in [0.25, 0.3) is 6.08 Å². The minimum Gasteiger partial charge on any atom is -0.493 e. The van der Waals surface area contributed by atoms with Crippen LogP contribution < -0.4 is 8.92 Å². The summed E-state index contributed by atoms with van der Waals surface area (Å²) in [6, 6.07) is 12.6. The Labute approximate surface area is 191 Å². The van der Waals surface area contributed by atoms with Crippen LogP contribution >= 0.6 is 11.3 Å². The number of rotatable bonds is 7. The van der Waals surface area contributed by atoms with Crippen molar-refractivity contribution in [3.05, 3.63) is 86.2 Å². The Balaban J connectivity index is 1.64. The van der Waals surface area contributed by atoms with E-state index in [9.17, 15) is 23.3 Å². The number of para-hydroxylation sites is 1. The summed E-state index contributed by atoms with van der Waals surface area (Å²) in [6.45, 7) is 0. The smallest absolute Gasteiger partial charge is 0.363 e. The van der Waals surface area contributed by atoms with Gasteiger partial charge < -0.3 is 13.7 Å². The maximum atomic E-state index is 12.7. The van der Waals surface area contributed by atoms with Gasteiger partial charge >= 0.3 is 16.1 Å². The van der Waals surface area contributed by atoms with Gasteiger partial charge in [-0.2, -0.15) is 8.42 Å². The second kappa shape index (κ2) is 8.84. The van der Waals surface area contributed by atoms with Crippen LogP contribution in [0.3, 0.4) is 0 Å². The highest BCUT2D eigenvalue weighted by molar-refractivity contribution is 7.87. The molecule has 3 aromatic rings. The number of hydrogen-bond donors (Lipinski definition) is 0. The first-order valence-electron chi connectivity index (χ1n) is 9.21. The molecule has 0 saturated carbocycles. The average molecular weight is 486 g/mol. The highest BCUT2D eigenvalue weighted by Crippen LogP contribution is 2.34. The molecule has 12 heteroatoms. The molecule has 0 saturated heterocycles. The number of carbonyl (C=O) groups is 1. The fourth-order valence-electron chi connectivity index (χ4n) is 2.90. The number of methoxy groups -OCH3 is 1. The number of thiophene rings is 1. The fraction of sp³-hybridized carbons (Fsp3) is 0.0476. The van der Waals surface area contributed by atoms with Gasteiger partial charge in [-0.05, 0) is 41.3 Å². The number of nitro groups is 1. The number of hydrogen-bond acceptors (Lipinski definition) is 10. The largest absolute Gasteiger partial charge is 0.493 e. The van der Waals surface area contributed by atoms with Crippen molar-refractivity contribution >= 4 is 45.1 Å². The molecule has 0 aliphatic carbocycles. The van der Waals surface area contributed by atoms with E-state index in [1.54, 1.807) is 12.1 Å². The van der Waals surface area contributed by atoms with Gasteiger partial charge in [0.25, 0.3) is 5.69 Å². The molecule has 168 valence electrons. The van der Waals surface area contributed by atoms with Gasteiger partial charge in [-0.3, -0.25) is 10.1 Å². The molecule has 0 atom stereocenters. The van der Waals surface area contributed by atoms with Gasteiger partial charge in [0.15, 0.2) is 22.1 Å². The molecule has 4 rings (SSSR count). The lowest BCUT2D eigenvalue weighted by Gasteiger charge is -2.11. The molecule has 0 radical (unpaired) electrons. The topological polar surface area (TPSA) is 134 Å². The lowest BCUT2D eigenvalue weighted by molar-refractivity contribution is -0.387. The first kappa shape index (κ1) is 22.2. The van der Waals surface area contributed by atoms with Crippen molar-refractivity contribution < 1.29 is 31.8 Å². The summed E-state index contributed by atoms with van der Waals surface area (Å²) < 4.78 is 40.9. The highest BCUT2D eigenvalue weighted by atomic mass is 32.2. The first-order chi connectivity index (χ1) is 15.8. The van der Waals surface area contributed by atoms with Crippen molar-refractivity contribution in [2.45, 2.75) is 4.90 Å². The maximum absolute atomic E-state index is 12.7. The number of benzene rings is 2. The zero-order valence-electron chi connectivity index (χ0n) is 16.8. The molecule has 2 aromatic carbocycles. The molecule has 0 amide bonds. The number of aliphatic imine (C=N–C) groups is 1. The number of carbonyl (C=O) groups excluding carboxylic acids is 1. The molecule has 0 unspecified atom stereocenters. The molecule has 0 N–H and O–H groups in total. The second-order valence-electron chi connectivity index (χ2n) is 6.49. The van der Waals surface area contributed by atoms with Crippen LogP contribution in [0, 0.1) is 10.1 Å². The SMILES string of the molecule is COc1cc(/C=C2\N=C(c3cccs3)OC2=O)ccc1OS(=O)(=O)c1ccccc1[N+](=O)[O-]. The van der Waals surface area contributed by atoms with E-state index in [1.165, 1.54) is 54.9 Å². The Kier molecular flexibility index (Phi) is 5.94. The van der Waals surface area contributed by atoms with Gasteiger partial charge in [0.05, 0.1) is 16.9 Å². The van der Waals surface area contributed by atoms with Crippen LogP contribution in [0.5, 0.6) is 11.5 Å². The van der Waals surface area contributed by atoms with Crippen LogP contribution in [-0.2, 0) is 19.6 Å². The number of esters is 1. The number of cyclic esters (lactones) is 1. The summed E-state index contributed by atoms with van der Waals surface area (Å²) in [7, 11) is -3.23. The Hall–Kier alpha value is -4.03. The summed E-state index contributed by atoms with van der Waals surface area (Å²) in [4.78, 5) is 26.8. The lowest BCUT2D eigenvalue weighted by atomic mass is 10.1. The average Bonchev–Trinajstić information content (AvgIpc) is 3.45. The standard InChI is InChI=1S/C21H14N2O8S2/c1-29-17-12-13(11-14-21(24)30-20(22-14)18-6-4-10-32-18)8-9-16(17)31-33(27,28)19-7-3-2-5-15(19)23(25)26/h2-12H,1H3/b14-11-. The van der Waals surface area contributed by atoms with E-state index >= 15 is 0 Å². The molecule has 0 spiro atoms. The number of ether oxygens (including phenoxy) is 2. The van der Waals surface area contributed by atoms with E-state index < -0.39 is 31.6 Å². The van der Waals surface area contributed by atoms with Gasteiger partial charge in [0.2, 0.25) is 5.90 Å². The van der Waals surface area contributed by atoms with Crippen LogP contribution in [0.4, 0.5) is 5.69 Å².